The summed E-state index contributed by atoms with van der Waals surface area (Å²) in [7, 11) is 0. The third kappa shape index (κ3) is 5.91. The van der Waals surface area contributed by atoms with E-state index in [9.17, 15) is 9.59 Å². The smallest absolute Gasteiger partial charge is 0.410 e. The molecule has 1 aliphatic rings. The summed E-state index contributed by atoms with van der Waals surface area (Å²) in [5, 5.41) is 3.31. The van der Waals surface area contributed by atoms with E-state index < -0.39 is 5.60 Å². The van der Waals surface area contributed by atoms with Crippen LogP contribution in [0.5, 0.6) is 0 Å². The molecule has 1 heterocycles. The predicted octanol–water partition coefficient (Wildman–Crippen LogP) is 1.49. The molecule has 1 atom stereocenters. The van der Waals surface area contributed by atoms with Gasteiger partial charge >= 0.3 is 6.09 Å². The van der Waals surface area contributed by atoms with Gasteiger partial charge in [0, 0.05) is 19.1 Å². The lowest BCUT2D eigenvalue weighted by Gasteiger charge is -2.35. The van der Waals surface area contributed by atoms with Gasteiger partial charge in [-0.3, -0.25) is 4.79 Å². The number of amides is 2. The molecule has 1 rings (SSSR count). The number of nitrogens with two attached hydrogens (primary N) is 1. The summed E-state index contributed by atoms with van der Waals surface area (Å²) in [6.45, 7) is 10.8. The maximum absolute atomic E-state index is 12.0. The van der Waals surface area contributed by atoms with E-state index in [-0.39, 0.29) is 30.0 Å². The number of rotatable bonds is 4. The molecule has 1 unspecified atom stereocenters. The first kappa shape index (κ1) is 17.8. The lowest BCUT2D eigenvalue weighted by atomic mass is 9.99. The minimum absolute atomic E-state index is 0.159. The van der Waals surface area contributed by atoms with Gasteiger partial charge in [0.25, 0.3) is 0 Å². The van der Waals surface area contributed by atoms with Crippen LogP contribution < -0.4 is 11.1 Å². The number of carbonyl (C=O) groups excluding carboxylic acids is 2. The van der Waals surface area contributed by atoms with Gasteiger partial charge in [0.05, 0.1) is 6.04 Å². The zero-order valence-corrected chi connectivity index (χ0v) is 13.8. The van der Waals surface area contributed by atoms with Crippen LogP contribution in [-0.4, -0.2) is 47.7 Å². The number of primary amides is 1. The van der Waals surface area contributed by atoms with Gasteiger partial charge in [-0.05, 0) is 39.5 Å². The summed E-state index contributed by atoms with van der Waals surface area (Å²) in [4.78, 5) is 25.1. The molecule has 0 aromatic carbocycles. The van der Waals surface area contributed by atoms with E-state index in [2.05, 4.69) is 5.32 Å². The van der Waals surface area contributed by atoms with E-state index in [1.165, 1.54) is 0 Å². The van der Waals surface area contributed by atoms with Gasteiger partial charge in [-0.2, -0.15) is 0 Å². The fourth-order valence-corrected chi connectivity index (χ4v) is 2.41. The van der Waals surface area contributed by atoms with Crippen molar-refractivity contribution in [2.75, 3.05) is 13.1 Å². The topological polar surface area (TPSA) is 84.7 Å². The van der Waals surface area contributed by atoms with Gasteiger partial charge in [0.15, 0.2) is 0 Å². The molecule has 0 spiro atoms. The lowest BCUT2D eigenvalue weighted by molar-refractivity contribution is -0.121. The Morgan fingerprint density at radius 1 is 1.24 bits per heavy atom. The minimum atomic E-state index is -0.471. The number of carbonyl (C=O) groups is 2. The van der Waals surface area contributed by atoms with E-state index in [0.717, 1.165) is 12.8 Å². The van der Waals surface area contributed by atoms with Gasteiger partial charge in [-0.25, -0.2) is 4.79 Å². The molecule has 0 radical (unpaired) electrons. The second kappa shape index (κ2) is 7.11. The van der Waals surface area contributed by atoms with E-state index >= 15 is 0 Å². The maximum atomic E-state index is 12.0. The highest BCUT2D eigenvalue weighted by atomic mass is 16.6. The van der Waals surface area contributed by atoms with E-state index in [4.69, 9.17) is 10.5 Å². The van der Waals surface area contributed by atoms with Crippen LogP contribution in [0.2, 0.25) is 0 Å². The monoisotopic (exact) mass is 299 g/mol. The van der Waals surface area contributed by atoms with Crippen molar-refractivity contribution in [3.63, 3.8) is 0 Å². The summed E-state index contributed by atoms with van der Waals surface area (Å²) < 4.78 is 5.36. The first-order valence-corrected chi connectivity index (χ1v) is 7.63. The van der Waals surface area contributed by atoms with Crippen LogP contribution in [0, 0.1) is 5.92 Å². The molecule has 6 heteroatoms. The molecule has 122 valence electrons. The largest absolute Gasteiger partial charge is 0.444 e. The Morgan fingerprint density at radius 2 is 1.76 bits per heavy atom. The number of ether oxygens (including phenoxy) is 1. The van der Waals surface area contributed by atoms with Crippen molar-refractivity contribution >= 4 is 12.0 Å². The summed E-state index contributed by atoms with van der Waals surface area (Å²) in [5.74, 6) is -0.161. The van der Waals surface area contributed by atoms with Crippen molar-refractivity contribution in [3.05, 3.63) is 0 Å². The van der Waals surface area contributed by atoms with Crippen LogP contribution in [0.3, 0.4) is 0 Å². The Hall–Kier alpha value is -1.30. The van der Waals surface area contributed by atoms with Crippen LogP contribution in [-0.2, 0) is 9.53 Å². The van der Waals surface area contributed by atoms with E-state index in [1.807, 2.05) is 34.6 Å². The Bertz CT molecular complexity index is 369. The zero-order chi connectivity index (χ0) is 16.2. The van der Waals surface area contributed by atoms with Crippen molar-refractivity contribution in [3.8, 4) is 0 Å². The molecule has 2 amide bonds. The van der Waals surface area contributed by atoms with Crippen LogP contribution in [0.25, 0.3) is 0 Å². The van der Waals surface area contributed by atoms with Crippen LogP contribution in [0.1, 0.15) is 47.5 Å². The summed E-state index contributed by atoms with van der Waals surface area (Å²) in [5.41, 5.74) is 4.94. The fourth-order valence-electron chi connectivity index (χ4n) is 2.41. The number of nitrogens with zero attached hydrogens (tertiary/aromatic N) is 1. The van der Waals surface area contributed by atoms with Crippen LogP contribution >= 0.6 is 0 Å². The molecule has 0 aromatic rings. The van der Waals surface area contributed by atoms with Gasteiger partial charge in [0.2, 0.25) is 5.91 Å². The van der Waals surface area contributed by atoms with Gasteiger partial charge in [-0.1, -0.05) is 13.8 Å². The SMILES string of the molecule is CC(C)C(NC1CCN(C(=O)OC(C)(C)C)CC1)C(N)=O. The first-order valence-electron chi connectivity index (χ1n) is 7.63. The molecule has 0 saturated carbocycles. The Balaban J connectivity index is 2.45. The van der Waals surface area contributed by atoms with Gasteiger partial charge in [0.1, 0.15) is 5.60 Å². The standard InChI is InChI=1S/C15H29N3O3/c1-10(2)12(13(16)19)17-11-6-8-18(9-7-11)14(20)21-15(3,4)5/h10-12,17H,6-9H2,1-5H3,(H2,16,19). The quantitative estimate of drug-likeness (QED) is 0.823. The molecule has 1 saturated heterocycles. The minimum Gasteiger partial charge on any atom is -0.444 e. The average Bonchev–Trinajstić information content (AvgIpc) is 2.33. The van der Waals surface area contributed by atoms with Crippen LogP contribution in [0.15, 0.2) is 0 Å². The summed E-state index contributed by atoms with van der Waals surface area (Å²) >= 11 is 0. The number of nitrogens with one attached hydrogen (secondary N) is 1. The molecule has 0 aliphatic carbocycles. The molecule has 6 nitrogen and oxygen atoms in total. The molecule has 21 heavy (non-hydrogen) atoms. The van der Waals surface area contributed by atoms with Crippen LogP contribution in [0.4, 0.5) is 4.79 Å². The molecule has 0 bridgehead atoms. The van der Waals surface area contributed by atoms with Crippen molar-refractivity contribution in [1.29, 1.82) is 0 Å². The van der Waals surface area contributed by atoms with Gasteiger partial charge in [-0.15, -0.1) is 0 Å². The zero-order valence-electron chi connectivity index (χ0n) is 13.8. The second-order valence-electron chi connectivity index (χ2n) is 7.03. The fraction of sp³-hybridized carbons (Fsp3) is 0.867. The normalized spacial score (nSPS) is 18.7. The highest BCUT2D eigenvalue weighted by Gasteiger charge is 2.29. The average molecular weight is 299 g/mol. The molecule has 3 N–H and O–H groups in total. The predicted molar refractivity (Wildman–Crippen MR) is 81.8 cm³/mol. The number of hydrogen-bond acceptors (Lipinski definition) is 4. The Morgan fingerprint density at radius 3 is 2.14 bits per heavy atom. The molecule has 0 aromatic heterocycles. The molecular weight excluding hydrogens is 270 g/mol. The van der Waals surface area contributed by atoms with Gasteiger partial charge < -0.3 is 20.7 Å². The van der Waals surface area contributed by atoms with E-state index in [1.54, 1.807) is 4.90 Å². The molecular formula is C15H29N3O3. The molecule has 1 aliphatic heterocycles. The van der Waals surface area contributed by atoms with E-state index in [0.29, 0.717) is 13.1 Å². The maximum Gasteiger partial charge on any atom is 0.410 e. The second-order valence-corrected chi connectivity index (χ2v) is 7.03. The lowest BCUT2D eigenvalue weighted by Crippen LogP contribution is -2.53. The number of hydrogen-bond donors (Lipinski definition) is 2. The third-order valence-corrected chi connectivity index (χ3v) is 3.54. The number of piperidine rings is 1. The van der Waals surface area contributed by atoms with Crippen molar-refractivity contribution in [1.82, 2.24) is 10.2 Å². The Kier molecular flexibility index (Phi) is 6.01. The van der Waals surface area contributed by atoms with Crippen molar-refractivity contribution in [2.45, 2.75) is 65.1 Å². The van der Waals surface area contributed by atoms with Crippen molar-refractivity contribution in [2.24, 2.45) is 11.7 Å². The number of likely N-dealkylation sites (tertiary alicyclic amines) is 1. The summed E-state index contributed by atoms with van der Waals surface area (Å²) in [6, 6.07) is -0.105. The Labute approximate surface area is 127 Å². The first-order chi connectivity index (χ1) is 9.60. The third-order valence-electron chi connectivity index (χ3n) is 3.54. The van der Waals surface area contributed by atoms with Crippen molar-refractivity contribution < 1.29 is 14.3 Å². The highest BCUT2D eigenvalue weighted by Crippen LogP contribution is 2.16. The summed E-state index contributed by atoms with van der Waals surface area (Å²) in [6.07, 6.45) is 1.34. The molecule has 1 fully saturated rings. The highest BCUT2D eigenvalue weighted by molar-refractivity contribution is 5.80.